The minimum atomic E-state index is 0.311. The third kappa shape index (κ3) is 3.53. The molecule has 0 unspecified atom stereocenters. The van der Waals surface area contributed by atoms with Crippen molar-refractivity contribution in [3.05, 3.63) is 35.9 Å². The second kappa shape index (κ2) is 7.01. The van der Waals surface area contributed by atoms with Gasteiger partial charge in [-0.2, -0.15) is 0 Å². The monoisotopic (exact) mass is 318 g/mol. The zero-order valence-corrected chi connectivity index (χ0v) is 13.7. The highest BCUT2D eigenvalue weighted by molar-refractivity contribution is 7.80. The molecule has 4 nitrogen and oxygen atoms in total. The predicted molar refractivity (Wildman–Crippen MR) is 91.1 cm³/mol. The summed E-state index contributed by atoms with van der Waals surface area (Å²) in [6.45, 7) is 2.08. The van der Waals surface area contributed by atoms with E-state index in [2.05, 4.69) is 28.4 Å². The van der Waals surface area contributed by atoms with Crippen LogP contribution in [0.5, 0.6) is 11.5 Å². The molecule has 1 N–H and O–H groups in total. The summed E-state index contributed by atoms with van der Waals surface area (Å²) >= 11 is 5.48. The van der Waals surface area contributed by atoms with Crippen LogP contribution in [-0.2, 0) is 6.54 Å². The molecule has 5 heteroatoms. The Bertz CT molecular complexity index is 574. The lowest BCUT2D eigenvalue weighted by Gasteiger charge is -2.30. The molecule has 1 atom stereocenters. The Morgan fingerprint density at radius 1 is 1.32 bits per heavy atom. The van der Waals surface area contributed by atoms with Gasteiger partial charge in [0.15, 0.2) is 16.6 Å². The molecule has 0 fully saturated rings. The smallest absolute Gasteiger partial charge is 0.231 e. The minimum absolute atomic E-state index is 0.311. The quantitative estimate of drug-likeness (QED) is 0.681. The number of hydrogen-bond acceptors (Lipinski definition) is 3. The Morgan fingerprint density at radius 3 is 2.95 bits per heavy atom. The van der Waals surface area contributed by atoms with Gasteiger partial charge in [0.25, 0.3) is 0 Å². The van der Waals surface area contributed by atoms with Gasteiger partial charge in [-0.25, -0.2) is 0 Å². The number of nitrogens with one attached hydrogen (secondary N) is 1. The van der Waals surface area contributed by atoms with E-state index in [0.29, 0.717) is 12.7 Å². The van der Waals surface area contributed by atoms with Gasteiger partial charge >= 0.3 is 0 Å². The van der Waals surface area contributed by atoms with Crippen LogP contribution in [0.3, 0.4) is 0 Å². The van der Waals surface area contributed by atoms with Crippen LogP contribution >= 0.6 is 12.2 Å². The lowest BCUT2D eigenvalue weighted by Crippen LogP contribution is -2.40. The first-order valence-electron chi connectivity index (χ1n) is 7.76. The standard InChI is InChI=1S/C17H22N2O2S/c1-18-17(22)19(10-13-5-3-2-4-6-13)11-14-7-8-15-16(9-14)21-12-20-15/h2-3,7-9,13H,4-6,10-12H2,1H3,(H,18,22)/t13-/m1/s1. The van der Waals surface area contributed by atoms with Crippen LogP contribution in [0.1, 0.15) is 24.8 Å². The zero-order valence-electron chi connectivity index (χ0n) is 12.9. The fourth-order valence-corrected chi connectivity index (χ4v) is 3.11. The molecule has 0 bridgehead atoms. The molecule has 1 aliphatic heterocycles. The van der Waals surface area contributed by atoms with Crippen molar-refractivity contribution in [3.63, 3.8) is 0 Å². The summed E-state index contributed by atoms with van der Waals surface area (Å²) in [5, 5.41) is 3.91. The van der Waals surface area contributed by atoms with Gasteiger partial charge in [-0.05, 0) is 55.1 Å². The number of rotatable bonds is 4. The Labute approximate surface area is 137 Å². The summed E-state index contributed by atoms with van der Waals surface area (Å²) in [7, 11) is 1.88. The van der Waals surface area contributed by atoms with Crippen molar-refractivity contribution < 1.29 is 9.47 Å². The molecule has 0 spiro atoms. The third-order valence-electron chi connectivity index (χ3n) is 4.17. The lowest BCUT2D eigenvalue weighted by molar-refractivity contribution is 0.174. The van der Waals surface area contributed by atoms with Crippen LogP contribution in [0.15, 0.2) is 30.4 Å². The van der Waals surface area contributed by atoms with E-state index in [-0.39, 0.29) is 0 Å². The van der Waals surface area contributed by atoms with E-state index < -0.39 is 0 Å². The van der Waals surface area contributed by atoms with Crippen molar-refractivity contribution in [2.75, 3.05) is 20.4 Å². The van der Waals surface area contributed by atoms with Crippen LogP contribution < -0.4 is 14.8 Å². The van der Waals surface area contributed by atoms with Crippen molar-refractivity contribution in [2.24, 2.45) is 5.92 Å². The molecule has 22 heavy (non-hydrogen) atoms. The molecule has 0 saturated heterocycles. The van der Waals surface area contributed by atoms with E-state index in [9.17, 15) is 0 Å². The largest absolute Gasteiger partial charge is 0.454 e. The Hall–Kier alpha value is -1.75. The van der Waals surface area contributed by atoms with Crippen molar-refractivity contribution in [1.82, 2.24) is 10.2 Å². The number of benzene rings is 1. The van der Waals surface area contributed by atoms with Gasteiger partial charge in [-0.15, -0.1) is 0 Å². The summed E-state index contributed by atoms with van der Waals surface area (Å²) in [6.07, 6.45) is 8.11. The number of hydrogen-bond donors (Lipinski definition) is 1. The van der Waals surface area contributed by atoms with Crippen LogP contribution in [0.25, 0.3) is 0 Å². The van der Waals surface area contributed by atoms with Gasteiger partial charge in [-0.1, -0.05) is 18.2 Å². The van der Waals surface area contributed by atoms with E-state index >= 15 is 0 Å². The maximum Gasteiger partial charge on any atom is 0.231 e. The molecule has 118 valence electrons. The van der Waals surface area contributed by atoms with E-state index in [1.807, 2.05) is 19.2 Å². The molecule has 1 aliphatic carbocycles. The minimum Gasteiger partial charge on any atom is -0.454 e. The fourth-order valence-electron chi connectivity index (χ4n) is 2.97. The second-order valence-corrected chi connectivity index (χ2v) is 6.16. The third-order valence-corrected chi connectivity index (χ3v) is 4.63. The molecule has 0 amide bonds. The molecular formula is C17H22N2O2S. The summed E-state index contributed by atoms with van der Waals surface area (Å²) in [5.41, 5.74) is 1.19. The fraction of sp³-hybridized carbons (Fsp3) is 0.471. The maximum absolute atomic E-state index is 5.48. The Balaban J connectivity index is 1.69. The summed E-state index contributed by atoms with van der Waals surface area (Å²) in [5.74, 6) is 2.32. The average molecular weight is 318 g/mol. The molecule has 0 aromatic heterocycles. The number of allylic oxidation sites excluding steroid dienone is 2. The van der Waals surface area contributed by atoms with Crippen LogP contribution in [0.2, 0.25) is 0 Å². The Kier molecular flexibility index (Phi) is 4.83. The van der Waals surface area contributed by atoms with E-state index in [4.69, 9.17) is 21.7 Å². The van der Waals surface area contributed by atoms with Gasteiger partial charge in [0, 0.05) is 20.1 Å². The molecule has 0 saturated carbocycles. The number of thiocarbonyl (C=S) groups is 1. The second-order valence-electron chi connectivity index (χ2n) is 5.77. The topological polar surface area (TPSA) is 33.7 Å². The lowest BCUT2D eigenvalue weighted by atomic mass is 9.94. The van der Waals surface area contributed by atoms with Crippen molar-refractivity contribution >= 4 is 17.3 Å². The van der Waals surface area contributed by atoms with Crippen molar-refractivity contribution in [1.29, 1.82) is 0 Å². The highest BCUT2D eigenvalue weighted by Gasteiger charge is 2.19. The number of ether oxygens (including phenoxy) is 2. The molecule has 3 rings (SSSR count). The normalized spacial score (nSPS) is 19.0. The highest BCUT2D eigenvalue weighted by Crippen LogP contribution is 2.33. The number of fused-ring (bicyclic) bond motifs is 1. The highest BCUT2D eigenvalue weighted by atomic mass is 32.1. The van der Waals surface area contributed by atoms with Gasteiger partial charge in [0.05, 0.1) is 0 Å². The average Bonchev–Trinajstić information content (AvgIpc) is 3.02. The molecule has 0 radical (unpaired) electrons. The first-order chi connectivity index (χ1) is 10.8. The van der Waals surface area contributed by atoms with E-state index in [1.165, 1.54) is 18.4 Å². The maximum atomic E-state index is 5.48. The van der Waals surface area contributed by atoms with Gasteiger partial charge in [0.1, 0.15) is 0 Å². The summed E-state index contributed by atoms with van der Waals surface area (Å²) in [4.78, 5) is 2.25. The molecule has 1 aromatic carbocycles. The van der Waals surface area contributed by atoms with E-state index in [1.54, 1.807) is 0 Å². The zero-order chi connectivity index (χ0) is 15.4. The number of nitrogens with zero attached hydrogens (tertiary/aromatic N) is 1. The van der Waals surface area contributed by atoms with E-state index in [0.717, 1.165) is 36.1 Å². The molecular weight excluding hydrogens is 296 g/mol. The van der Waals surface area contributed by atoms with Crippen LogP contribution in [-0.4, -0.2) is 30.4 Å². The Morgan fingerprint density at radius 2 is 2.18 bits per heavy atom. The van der Waals surface area contributed by atoms with Gasteiger partial charge in [0.2, 0.25) is 6.79 Å². The van der Waals surface area contributed by atoms with Gasteiger partial charge in [-0.3, -0.25) is 0 Å². The first kappa shape index (κ1) is 15.2. The molecule has 1 heterocycles. The summed E-state index contributed by atoms with van der Waals surface area (Å²) in [6, 6.07) is 6.11. The first-order valence-corrected chi connectivity index (χ1v) is 8.17. The predicted octanol–water partition coefficient (Wildman–Crippen LogP) is 3.08. The summed E-state index contributed by atoms with van der Waals surface area (Å²) < 4.78 is 10.8. The molecule has 2 aliphatic rings. The van der Waals surface area contributed by atoms with Gasteiger partial charge < -0.3 is 19.7 Å². The van der Waals surface area contributed by atoms with Crippen LogP contribution in [0, 0.1) is 5.92 Å². The van der Waals surface area contributed by atoms with Crippen molar-refractivity contribution in [2.45, 2.75) is 25.8 Å². The van der Waals surface area contributed by atoms with Crippen LogP contribution in [0.4, 0.5) is 0 Å². The van der Waals surface area contributed by atoms with Crippen molar-refractivity contribution in [3.8, 4) is 11.5 Å². The molecule has 1 aromatic rings. The SMILES string of the molecule is CNC(=S)N(Cc1ccc2c(c1)OCO2)C[C@@H]1CC=CCC1.